The van der Waals surface area contributed by atoms with E-state index in [0.29, 0.717) is 51.4 Å². The van der Waals surface area contributed by atoms with Gasteiger partial charge in [0.1, 0.15) is 67.1 Å². The molecule has 0 spiro atoms. The molecule has 26 atom stereocenters. The molecule has 12 N–H and O–H groups in total. The Morgan fingerprint density at radius 3 is 1.89 bits per heavy atom. The summed E-state index contributed by atoms with van der Waals surface area (Å²) in [4.78, 5) is 0. The van der Waals surface area contributed by atoms with Gasteiger partial charge in [-0.3, -0.25) is 0 Å². The second-order valence-electron chi connectivity index (χ2n) is 23.0. The van der Waals surface area contributed by atoms with E-state index in [1.54, 1.807) is 0 Å². The number of aliphatic hydroxyl groups excluding tert-OH is 12. The molecule has 7 aliphatic rings. The van der Waals surface area contributed by atoms with Crippen molar-refractivity contribution in [3.63, 3.8) is 0 Å². The third-order valence-electron chi connectivity index (χ3n) is 18.7. The van der Waals surface area contributed by atoms with Gasteiger partial charge < -0.3 is 89.7 Å². The van der Waals surface area contributed by atoms with Crippen molar-refractivity contribution in [1.82, 2.24) is 0 Å². The van der Waals surface area contributed by atoms with Crippen LogP contribution in [0.25, 0.3) is 0 Å². The van der Waals surface area contributed by atoms with Gasteiger partial charge in [0.2, 0.25) is 0 Å². The Morgan fingerprint density at radius 1 is 0.682 bits per heavy atom. The van der Waals surface area contributed by atoms with Gasteiger partial charge >= 0.3 is 0 Å². The average molecular weight is 947 g/mol. The molecule has 3 saturated heterocycles. The number of hydrogen-bond acceptors (Lipinski definition) is 18. The zero-order valence-corrected chi connectivity index (χ0v) is 40.2. The van der Waals surface area contributed by atoms with Crippen LogP contribution in [-0.4, -0.2) is 191 Å². The Morgan fingerprint density at radius 2 is 1.27 bits per heavy atom. The summed E-state index contributed by atoms with van der Waals surface area (Å²) in [6, 6.07) is 0. The molecule has 0 amide bonds. The molecule has 0 bridgehead atoms. The molecule has 18 nitrogen and oxygen atoms in total. The third kappa shape index (κ3) is 8.69. The van der Waals surface area contributed by atoms with Gasteiger partial charge in [0, 0.05) is 0 Å². The minimum atomic E-state index is -1.75. The minimum absolute atomic E-state index is 0.0861. The molecule has 66 heavy (non-hydrogen) atoms. The lowest BCUT2D eigenvalue weighted by atomic mass is 9.34. The molecular weight excluding hydrogens is 865 g/mol. The summed E-state index contributed by atoms with van der Waals surface area (Å²) in [5.74, 6) is -1.12. The SMILES string of the molecule is CC(C)=CCC[C@](C)(O[C@@H]1O[C@H](CO)[C@@H](O)[C@H](O)[C@H]1O)[C@H]1CC[C@]2(C)[C@@H]1[C@H](O)C[C@@H]1[C@@]3(C)CC[C@H](O)C(C)(C)[C@@H]3[C@@H](O[C@@H]3O[C@H](CO)[C@@H](O)[C@H](O)[C@H]3O[C@@H]3OC(C)[C@H](O)[C@@H](O)[C@H]3O)C[C@]12C. The molecule has 4 aliphatic carbocycles. The third-order valence-corrected chi connectivity index (χ3v) is 18.7. The molecule has 0 aromatic rings. The zero-order valence-electron chi connectivity index (χ0n) is 40.2. The Hall–Kier alpha value is -0.980. The predicted molar refractivity (Wildman–Crippen MR) is 234 cm³/mol. The van der Waals surface area contributed by atoms with Gasteiger partial charge in [0.25, 0.3) is 0 Å². The largest absolute Gasteiger partial charge is 0.394 e. The molecule has 4 saturated carbocycles. The van der Waals surface area contributed by atoms with Crippen molar-refractivity contribution in [2.45, 2.75) is 230 Å². The van der Waals surface area contributed by atoms with E-state index >= 15 is 0 Å². The summed E-state index contributed by atoms with van der Waals surface area (Å²) in [7, 11) is 0. The Bertz CT molecular complexity index is 1700. The van der Waals surface area contributed by atoms with Crippen molar-refractivity contribution in [3.05, 3.63) is 11.6 Å². The number of aliphatic hydroxyl groups is 12. The van der Waals surface area contributed by atoms with Gasteiger partial charge in [-0.05, 0) is 124 Å². The molecule has 0 aromatic carbocycles. The molecule has 0 radical (unpaired) electrons. The van der Waals surface area contributed by atoms with E-state index in [1.807, 2.05) is 34.6 Å². The maximum atomic E-state index is 12.7. The van der Waals surface area contributed by atoms with Crippen LogP contribution in [0.5, 0.6) is 0 Å². The number of ether oxygens (including phenoxy) is 6. The summed E-state index contributed by atoms with van der Waals surface area (Å²) in [5, 5.41) is 132. The molecule has 0 aromatic heterocycles. The topological polar surface area (TPSA) is 298 Å². The van der Waals surface area contributed by atoms with Gasteiger partial charge in [-0.15, -0.1) is 0 Å². The van der Waals surface area contributed by atoms with E-state index in [4.69, 9.17) is 28.4 Å². The molecular formula is C48H82O18. The first-order valence-electron chi connectivity index (χ1n) is 24.3. The van der Waals surface area contributed by atoms with Crippen LogP contribution in [0.2, 0.25) is 0 Å². The Kier molecular flexibility index (Phi) is 15.4. The average Bonchev–Trinajstić information content (AvgIpc) is 3.64. The molecule has 18 heteroatoms. The molecule has 7 fully saturated rings. The van der Waals surface area contributed by atoms with Crippen molar-refractivity contribution in [2.24, 2.45) is 45.3 Å². The first-order chi connectivity index (χ1) is 30.7. The quantitative estimate of drug-likeness (QED) is 0.0904. The molecule has 3 heterocycles. The molecule has 7 rings (SSSR count). The van der Waals surface area contributed by atoms with Crippen LogP contribution in [0, 0.1) is 45.3 Å². The summed E-state index contributed by atoms with van der Waals surface area (Å²) >= 11 is 0. The first-order valence-corrected chi connectivity index (χ1v) is 24.3. The van der Waals surface area contributed by atoms with Crippen LogP contribution >= 0.6 is 0 Å². The van der Waals surface area contributed by atoms with Crippen molar-refractivity contribution in [1.29, 1.82) is 0 Å². The number of rotatable bonds is 12. The molecule has 1 unspecified atom stereocenters. The maximum Gasteiger partial charge on any atom is 0.187 e. The summed E-state index contributed by atoms with van der Waals surface area (Å²) in [6.07, 6.45) is -18.3. The van der Waals surface area contributed by atoms with Crippen molar-refractivity contribution < 1.29 is 89.7 Å². The Labute approximate surface area is 388 Å². The molecule has 382 valence electrons. The lowest BCUT2D eigenvalue weighted by molar-refractivity contribution is -0.382. The second-order valence-corrected chi connectivity index (χ2v) is 23.0. The highest BCUT2D eigenvalue weighted by Gasteiger charge is 2.74. The van der Waals surface area contributed by atoms with Crippen molar-refractivity contribution in [3.8, 4) is 0 Å². The van der Waals surface area contributed by atoms with Crippen molar-refractivity contribution in [2.75, 3.05) is 13.2 Å². The van der Waals surface area contributed by atoms with Crippen LogP contribution in [0.1, 0.15) is 114 Å². The Balaban J connectivity index is 1.27. The van der Waals surface area contributed by atoms with E-state index in [-0.39, 0.29) is 23.7 Å². The van der Waals surface area contributed by atoms with Crippen molar-refractivity contribution >= 4 is 0 Å². The van der Waals surface area contributed by atoms with E-state index in [9.17, 15) is 61.3 Å². The smallest absolute Gasteiger partial charge is 0.187 e. The monoisotopic (exact) mass is 947 g/mol. The summed E-state index contributed by atoms with van der Waals surface area (Å²) in [5.41, 5.74) is -2.43. The predicted octanol–water partition coefficient (Wildman–Crippen LogP) is -0.0284. The van der Waals surface area contributed by atoms with Gasteiger partial charge in [-0.25, -0.2) is 0 Å². The van der Waals surface area contributed by atoms with E-state index < -0.39 is 151 Å². The molecule has 3 aliphatic heterocycles. The second kappa shape index (κ2) is 19.2. The highest BCUT2D eigenvalue weighted by Crippen LogP contribution is 2.76. The maximum absolute atomic E-state index is 12.7. The fourth-order valence-electron chi connectivity index (χ4n) is 14.9. The fraction of sp³-hybridized carbons (Fsp3) is 0.958. The lowest BCUT2D eigenvalue weighted by Crippen LogP contribution is -2.71. The van der Waals surface area contributed by atoms with Crippen LogP contribution < -0.4 is 0 Å². The van der Waals surface area contributed by atoms with Gasteiger partial charge in [0.05, 0.1) is 43.2 Å². The fourth-order valence-corrected chi connectivity index (χ4v) is 14.9. The number of allylic oxidation sites excluding steroid dienone is 2. The van der Waals surface area contributed by atoms with Crippen LogP contribution in [-0.2, 0) is 28.4 Å². The van der Waals surface area contributed by atoms with Crippen LogP contribution in [0.4, 0.5) is 0 Å². The number of fused-ring (bicyclic) bond motifs is 5. The summed E-state index contributed by atoms with van der Waals surface area (Å²) in [6.45, 7) is 16.8. The van der Waals surface area contributed by atoms with Crippen LogP contribution in [0.15, 0.2) is 11.6 Å². The zero-order chi connectivity index (χ0) is 48.8. The lowest BCUT2D eigenvalue weighted by Gasteiger charge is -2.72. The van der Waals surface area contributed by atoms with Gasteiger partial charge in [-0.2, -0.15) is 0 Å². The number of hydrogen-bond donors (Lipinski definition) is 12. The highest BCUT2D eigenvalue weighted by atomic mass is 16.8. The first kappa shape index (κ1) is 52.8. The van der Waals surface area contributed by atoms with Crippen LogP contribution in [0.3, 0.4) is 0 Å². The van der Waals surface area contributed by atoms with Gasteiger partial charge in [-0.1, -0.05) is 46.3 Å². The highest BCUT2D eigenvalue weighted by molar-refractivity contribution is 5.22. The van der Waals surface area contributed by atoms with E-state index in [1.165, 1.54) is 6.92 Å². The van der Waals surface area contributed by atoms with Gasteiger partial charge in [0.15, 0.2) is 18.9 Å². The van der Waals surface area contributed by atoms with E-state index in [0.717, 1.165) is 5.57 Å². The standard InChI is InChI=1S/C48H82O18/c1-21(2)11-10-14-48(9,66-42-38(60)35(57)32(54)26(19-49)63-42)23-12-16-46(7)30(23)24(51)17-28-45(6)15-13-29(52)44(4,5)40(45)25(18-47(28,46)8)62-43-39(36(58)33(55)27(20-50)64-43)65-41-37(59)34(56)31(53)22(3)61-41/h11,22-43,49-60H,10,12-20H2,1-9H3/t22?,23-,24+,25-,26+,27+,28+,29-,30-,31-,32+,33+,34+,35-,36-,37+,38+,39+,40-,41-,42-,43+,45+,46+,47+,48-/m0/s1. The summed E-state index contributed by atoms with van der Waals surface area (Å²) < 4.78 is 38.1. The minimum Gasteiger partial charge on any atom is -0.394 e. The normalized spacial score (nSPS) is 53.5. The van der Waals surface area contributed by atoms with E-state index in [2.05, 4.69) is 26.8 Å².